The zero-order valence-electron chi connectivity index (χ0n) is 11.5. The fourth-order valence-electron chi connectivity index (χ4n) is 2.62. The summed E-state index contributed by atoms with van der Waals surface area (Å²) in [7, 11) is 0. The van der Waals surface area contributed by atoms with E-state index in [0.717, 1.165) is 24.3 Å². The van der Waals surface area contributed by atoms with Crippen molar-refractivity contribution in [3.05, 3.63) is 65.5 Å². The maximum atomic E-state index is 5.93. The van der Waals surface area contributed by atoms with Gasteiger partial charge in [-0.05, 0) is 24.1 Å². The molecule has 1 heterocycles. The van der Waals surface area contributed by atoms with Crippen LogP contribution in [0.1, 0.15) is 17.0 Å². The number of hydrogen-bond acceptors (Lipinski definition) is 1. The highest BCUT2D eigenvalue weighted by molar-refractivity contribution is 6.17. The SMILES string of the molecule is Cc1cccc2nc(CCCl)n(Cc3ccccc3)c12. The average Bonchev–Trinajstić information content (AvgIpc) is 2.80. The van der Waals surface area contributed by atoms with Crippen LogP contribution in [0.25, 0.3) is 11.0 Å². The minimum Gasteiger partial charge on any atom is -0.323 e. The van der Waals surface area contributed by atoms with E-state index < -0.39 is 0 Å². The monoisotopic (exact) mass is 284 g/mol. The van der Waals surface area contributed by atoms with E-state index in [0.29, 0.717) is 5.88 Å². The second kappa shape index (κ2) is 5.68. The van der Waals surface area contributed by atoms with Crippen molar-refractivity contribution < 1.29 is 0 Å². The third-order valence-electron chi connectivity index (χ3n) is 3.55. The predicted molar refractivity (Wildman–Crippen MR) is 84.4 cm³/mol. The minimum atomic E-state index is 0.594. The number of fused-ring (bicyclic) bond motifs is 1. The van der Waals surface area contributed by atoms with Crippen molar-refractivity contribution in [2.75, 3.05) is 5.88 Å². The highest BCUT2D eigenvalue weighted by atomic mass is 35.5. The summed E-state index contributed by atoms with van der Waals surface area (Å²) >= 11 is 5.93. The second-order valence-electron chi connectivity index (χ2n) is 4.98. The van der Waals surface area contributed by atoms with Crippen LogP contribution >= 0.6 is 11.6 Å². The van der Waals surface area contributed by atoms with Gasteiger partial charge < -0.3 is 4.57 Å². The first-order chi connectivity index (χ1) is 9.79. The molecule has 0 N–H and O–H groups in total. The van der Waals surface area contributed by atoms with Crippen molar-refractivity contribution in [2.24, 2.45) is 0 Å². The summed E-state index contributed by atoms with van der Waals surface area (Å²) in [5.41, 5.74) is 4.81. The maximum Gasteiger partial charge on any atom is 0.111 e. The quantitative estimate of drug-likeness (QED) is 0.657. The summed E-state index contributed by atoms with van der Waals surface area (Å²) in [6.45, 7) is 2.98. The van der Waals surface area contributed by atoms with Crippen molar-refractivity contribution in [3.8, 4) is 0 Å². The molecular weight excluding hydrogens is 268 g/mol. The average molecular weight is 285 g/mol. The summed E-state index contributed by atoms with van der Waals surface area (Å²) in [5, 5.41) is 0. The molecule has 3 rings (SSSR count). The fourth-order valence-corrected chi connectivity index (χ4v) is 2.79. The fraction of sp³-hybridized carbons (Fsp3) is 0.235. The molecule has 0 unspecified atom stereocenters. The van der Waals surface area contributed by atoms with Gasteiger partial charge in [0.2, 0.25) is 0 Å². The third kappa shape index (κ3) is 2.44. The van der Waals surface area contributed by atoms with E-state index in [4.69, 9.17) is 16.6 Å². The van der Waals surface area contributed by atoms with Gasteiger partial charge in [-0.3, -0.25) is 0 Å². The molecule has 20 heavy (non-hydrogen) atoms. The molecule has 0 aliphatic heterocycles. The second-order valence-corrected chi connectivity index (χ2v) is 5.36. The van der Waals surface area contributed by atoms with Gasteiger partial charge in [-0.1, -0.05) is 42.5 Å². The number of aryl methyl sites for hydroxylation is 2. The number of benzene rings is 2. The Balaban J connectivity index is 2.13. The van der Waals surface area contributed by atoms with E-state index >= 15 is 0 Å². The topological polar surface area (TPSA) is 17.8 Å². The van der Waals surface area contributed by atoms with Crippen LogP contribution in [0.3, 0.4) is 0 Å². The smallest absolute Gasteiger partial charge is 0.111 e. The number of rotatable bonds is 4. The molecule has 0 spiro atoms. The largest absolute Gasteiger partial charge is 0.323 e. The lowest BCUT2D eigenvalue weighted by Gasteiger charge is -2.10. The van der Waals surface area contributed by atoms with E-state index in [1.54, 1.807) is 0 Å². The van der Waals surface area contributed by atoms with Gasteiger partial charge in [-0.15, -0.1) is 11.6 Å². The molecule has 0 atom stereocenters. The molecule has 3 heteroatoms. The molecule has 1 aromatic heterocycles. The Hall–Kier alpha value is -1.80. The molecular formula is C17H17ClN2. The van der Waals surface area contributed by atoms with Crippen LogP contribution in [-0.4, -0.2) is 15.4 Å². The first-order valence-corrected chi connectivity index (χ1v) is 7.37. The molecule has 0 saturated carbocycles. The number of alkyl halides is 1. The predicted octanol–water partition coefficient (Wildman–Crippen LogP) is 4.17. The van der Waals surface area contributed by atoms with E-state index in [1.807, 2.05) is 6.07 Å². The Morgan fingerprint density at radius 3 is 2.60 bits per heavy atom. The van der Waals surface area contributed by atoms with E-state index in [9.17, 15) is 0 Å². The van der Waals surface area contributed by atoms with Gasteiger partial charge in [0.25, 0.3) is 0 Å². The molecule has 102 valence electrons. The van der Waals surface area contributed by atoms with Gasteiger partial charge >= 0.3 is 0 Å². The summed E-state index contributed by atoms with van der Waals surface area (Å²) in [5.74, 6) is 1.66. The van der Waals surface area contributed by atoms with Gasteiger partial charge in [0, 0.05) is 18.8 Å². The highest BCUT2D eigenvalue weighted by Crippen LogP contribution is 2.22. The van der Waals surface area contributed by atoms with Crippen molar-refractivity contribution in [1.82, 2.24) is 9.55 Å². The summed E-state index contributed by atoms with van der Waals surface area (Å²) in [4.78, 5) is 4.74. The Bertz CT molecular complexity index is 716. The zero-order chi connectivity index (χ0) is 13.9. The summed E-state index contributed by atoms with van der Waals surface area (Å²) in [6, 6.07) is 16.7. The lowest BCUT2D eigenvalue weighted by Crippen LogP contribution is -2.06. The zero-order valence-corrected chi connectivity index (χ0v) is 12.3. The normalized spacial score (nSPS) is 11.1. The maximum absolute atomic E-state index is 5.93. The lowest BCUT2D eigenvalue weighted by molar-refractivity contribution is 0.753. The van der Waals surface area contributed by atoms with Gasteiger partial charge in [0.05, 0.1) is 11.0 Å². The Labute approximate surface area is 124 Å². The Kier molecular flexibility index (Phi) is 3.75. The molecule has 0 saturated heterocycles. The van der Waals surface area contributed by atoms with Gasteiger partial charge in [0.1, 0.15) is 5.82 Å². The first-order valence-electron chi connectivity index (χ1n) is 6.84. The number of para-hydroxylation sites is 1. The Morgan fingerprint density at radius 1 is 1.05 bits per heavy atom. The molecule has 0 amide bonds. The van der Waals surface area contributed by atoms with Crippen LogP contribution in [0.15, 0.2) is 48.5 Å². The highest BCUT2D eigenvalue weighted by Gasteiger charge is 2.12. The number of halogens is 1. The molecule has 0 radical (unpaired) electrons. The number of aromatic nitrogens is 2. The van der Waals surface area contributed by atoms with Crippen molar-refractivity contribution in [1.29, 1.82) is 0 Å². The van der Waals surface area contributed by atoms with Crippen LogP contribution in [0.2, 0.25) is 0 Å². The van der Waals surface area contributed by atoms with E-state index in [-0.39, 0.29) is 0 Å². The number of hydrogen-bond donors (Lipinski definition) is 0. The van der Waals surface area contributed by atoms with Crippen LogP contribution < -0.4 is 0 Å². The Morgan fingerprint density at radius 2 is 1.85 bits per heavy atom. The number of imidazole rings is 1. The molecule has 0 aliphatic rings. The van der Waals surface area contributed by atoms with Crippen LogP contribution in [0, 0.1) is 6.92 Å². The standard InChI is InChI=1S/C17H17ClN2/c1-13-6-5-9-15-17(13)20(16(19-15)10-11-18)12-14-7-3-2-4-8-14/h2-9H,10-12H2,1H3. The van der Waals surface area contributed by atoms with Crippen molar-refractivity contribution in [3.63, 3.8) is 0 Å². The number of nitrogens with zero attached hydrogens (tertiary/aromatic N) is 2. The van der Waals surface area contributed by atoms with Crippen molar-refractivity contribution >= 4 is 22.6 Å². The van der Waals surface area contributed by atoms with E-state index in [1.165, 1.54) is 16.6 Å². The van der Waals surface area contributed by atoms with Crippen LogP contribution in [0.5, 0.6) is 0 Å². The van der Waals surface area contributed by atoms with Crippen molar-refractivity contribution in [2.45, 2.75) is 19.9 Å². The lowest BCUT2D eigenvalue weighted by atomic mass is 10.2. The molecule has 2 aromatic carbocycles. The molecule has 0 fully saturated rings. The van der Waals surface area contributed by atoms with Crippen LogP contribution in [0.4, 0.5) is 0 Å². The van der Waals surface area contributed by atoms with Gasteiger partial charge in [-0.2, -0.15) is 0 Å². The summed E-state index contributed by atoms with van der Waals surface area (Å²) < 4.78 is 2.29. The van der Waals surface area contributed by atoms with Gasteiger partial charge in [-0.25, -0.2) is 4.98 Å². The third-order valence-corrected chi connectivity index (χ3v) is 3.74. The van der Waals surface area contributed by atoms with E-state index in [2.05, 4.69) is 54.0 Å². The van der Waals surface area contributed by atoms with Gasteiger partial charge in [0.15, 0.2) is 0 Å². The molecule has 3 aromatic rings. The first kappa shape index (κ1) is 13.2. The molecule has 2 nitrogen and oxygen atoms in total. The molecule has 0 bridgehead atoms. The van der Waals surface area contributed by atoms with Crippen LogP contribution in [-0.2, 0) is 13.0 Å². The minimum absolute atomic E-state index is 0.594. The summed E-state index contributed by atoms with van der Waals surface area (Å²) in [6.07, 6.45) is 0.794. The molecule has 0 aliphatic carbocycles.